The lowest BCUT2D eigenvalue weighted by Gasteiger charge is -2.15. The van der Waals surface area contributed by atoms with Crippen LogP contribution in [0.25, 0.3) is 0 Å². The van der Waals surface area contributed by atoms with Crippen molar-refractivity contribution in [3.8, 4) is 0 Å². The van der Waals surface area contributed by atoms with Crippen LogP contribution < -0.4 is 5.73 Å². The van der Waals surface area contributed by atoms with Gasteiger partial charge >= 0.3 is 0 Å². The first-order chi connectivity index (χ1) is 8.67. The molecule has 0 saturated heterocycles. The van der Waals surface area contributed by atoms with Gasteiger partial charge in [-0.1, -0.05) is 50.8 Å². The van der Waals surface area contributed by atoms with E-state index in [9.17, 15) is 0 Å². The van der Waals surface area contributed by atoms with Crippen LogP contribution in [0.3, 0.4) is 0 Å². The van der Waals surface area contributed by atoms with Gasteiger partial charge < -0.3 is 10.5 Å². The lowest BCUT2D eigenvalue weighted by molar-refractivity contribution is 0.0820. The van der Waals surface area contributed by atoms with Crippen molar-refractivity contribution in [2.75, 3.05) is 12.3 Å². The van der Waals surface area contributed by atoms with E-state index in [0.717, 1.165) is 12.2 Å². The van der Waals surface area contributed by atoms with Gasteiger partial charge in [-0.25, -0.2) is 0 Å². The first-order valence-electron chi connectivity index (χ1n) is 6.79. The second kappa shape index (κ2) is 8.39. The van der Waals surface area contributed by atoms with Crippen LogP contribution in [-0.4, -0.2) is 6.61 Å². The molecule has 0 saturated carbocycles. The maximum atomic E-state index is 6.10. The normalized spacial score (nSPS) is 12.6. The molecule has 18 heavy (non-hydrogen) atoms. The largest absolute Gasteiger partial charge is 0.399 e. The smallest absolute Gasteiger partial charge is 0.0731 e. The molecule has 1 rings (SSSR count). The topological polar surface area (TPSA) is 35.2 Å². The summed E-state index contributed by atoms with van der Waals surface area (Å²) < 4.78 is 5.77. The molecule has 2 nitrogen and oxygen atoms in total. The Hall–Kier alpha value is -0.730. The van der Waals surface area contributed by atoms with E-state index in [1.54, 1.807) is 6.07 Å². The predicted octanol–water partition coefficient (Wildman–Crippen LogP) is 4.66. The van der Waals surface area contributed by atoms with Crippen molar-refractivity contribution in [3.05, 3.63) is 28.8 Å². The monoisotopic (exact) mass is 269 g/mol. The van der Waals surface area contributed by atoms with Gasteiger partial charge in [-0.3, -0.25) is 0 Å². The second-order valence-corrected chi connectivity index (χ2v) is 5.19. The van der Waals surface area contributed by atoms with Crippen molar-refractivity contribution < 1.29 is 4.74 Å². The number of rotatable bonds is 8. The summed E-state index contributed by atoms with van der Waals surface area (Å²) in [5.41, 5.74) is 7.36. The third-order valence-corrected chi connectivity index (χ3v) is 3.58. The molecular weight excluding hydrogens is 246 g/mol. The molecule has 0 fully saturated rings. The van der Waals surface area contributed by atoms with Gasteiger partial charge in [0.05, 0.1) is 6.61 Å². The predicted molar refractivity (Wildman–Crippen MR) is 78.8 cm³/mol. The summed E-state index contributed by atoms with van der Waals surface area (Å²) in [7, 11) is 0. The Morgan fingerprint density at radius 2 is 2.11 bits per heavy atom. The van der Waals surface area contributed by atoms with Crippen LogP contribution in [0.15, 0.2) is 18.2 Å². The Kier molecular flexibility index (Phi) is 7.14. The minimum atomic E-state index is 0.571. The molecule has 1 aromatic carbocycles. The number of hydrogen-bond donors (Lipinski definition) is 1. The van der Waals surface area contributed by atoms with Gasteiger partial charge in [0.1, 0.15) is 0 Å². The summed E-state index contributed by atoms with van der Waals surface area (Å²) in [6, 6.07) is 5.57. The van der Waals surface area contributed by atoms with Gasteiger partial charge in [0.25, 0.3) is 0 Å². The second-order valence-electron chi connectivity index (χ2n) is 4.78. The molecule has 0 spiro atoms. The number of halogens is 1. The highest BCUT2D eigenvalue weighted by Gasteiger charge is 2.07. The van der Waals surface area contributed by atoms with Gasteiger partial charge in [-0.05, 0) is 30.0 Å². The zero-order chi connectivity index (χ0) is 13.4. The number of anilines is 1. The highest BCUT2D eigenvalue weighted by Crippen LogP contribution is 2.21. The summed E-state index contributed by atoms with van der Waals surface area (Å²) in [4.78, 5) is 0. The molecule has 0 aliphatic rings. The zero-order valence-corrected chi connectivity index (χ0v) is 12.2. The maximum Gasteiger partial charge on any atom is 0.0731 e. The van der Waals surface area contributed by atoms with E-state index in [4.69, 9.17) is 22.1 Å². The van der Waals surface area contributed by atoms with E-state index in [2.05, 4.69) is 13.8 Å². The van der Waals surface area contributed by atoms with E-state index in [-0.39, 0.29) is 0 Å². The Balaban J connectivity index is 2.35. The number of hydrogen-bond acceptors (Lipinski definition) is 2. The lowest BCUT2D eigenvalue weighted by atomic mass is 10.0. The highest BCUT2D eigenvalue weighted by atomic mass is 35.5. The molecule has 0 heterocycles. The van der Waals surface area contributed by atoms with E-state index in [1.165, 1.54) is 25.7 Å². The van der Waals surface area contributed by atoms with E-state index in [0.29, 0.717) is 23.2 Å². The van der Waals surface area contributed by atoms with Crippen LogP contribution in [0, 0.1) is 5.92 Å². The molecule has 0 amide bonds. The van der Waals surface area contributed by atoms with Crippen LogP contribution in [0.5, 0.6) is 0 Å². The minimum absolute atomic E-state index is 0.571. The summed E-state index contributed by atoms with van der Waals surface area (Å²) in [6.45, 7) is 5.83. The number of benzene rings is 1. The third kappa shape index (κ3) is 5.28. The van der Waals surface area contributed by atoms with Gasteiger partial charge in [0.15, 0.2) is 0 Å². The molecule has 0 radical (unpaired) electrons. The van der Waals surface area contributed by atoms with Crippen molar-refractivity contribution in [1.82, 2.24) is 0 Å². The Morgan fingerprint density at radius 1 is 1.33 bits per heavy atom. The molecule has 102 valence electrons. The van der Waals surface area contributed by atoms with Gasteiger partial charge in [-0.2, -0.15) is 0 Å². The summed E-state index contributed by atoms with van der Waals surface area (Å²) in [5.74, 6) is 0.664. The third-order valence-electron chi connectivity index (χ3n) is 3.23. The molecule has 1 aromatic rings. The van der Waals surface area contributed by atoms with Gasteiger partial charge in [0.2, 0.25) is 0 Å². The van der Waals surface area contributed by atoms with Crippen molar-refractivity contribution >= 4 is 17.3 Å². The van der Waals surface area contributed by atoms with E-state index >= 15 is 0 Å². The Labute approximate surface area is 115 Å². The lowest BCUT2D eigenvalue weighted by Crippen LogP contribution is -2.09. The molecule has 1 unspecified atom stereocenters. The average Bonchev–Trinajstić information content (AvgIpc) is 2.36. The number of nitrogen functional groups attached to an aromatic ring is 1. The molecule has 0 aliphatic carbocycles. The first kappa shape index (κ1) is 15.3. The quantitative estimate of drug-likeness (QED) is 0.697. The fraction of sp³-hybridized carbons (Fsp3) is 0.600. The first-order valence-corrected chi connectivity index (χ1v) is 7.16. The summed E-state index contributed by atoms with van der Waals surface area (Å²) >= 11 is 6.10. The molecule has 0 bridgehead atoms. The van der Waals surface area contributed by atoms with Crippen molar-refractivity contribution in [2.24, 2.45) is 5.92 Å². The molecule has 3 heteroatoms. The van der Waals surface area contributed by atoms with Crippen LogP contribution in [0.2, 0.25) is 5.02 Å². The van der Waals surface area contributed by atoms with Crippen molar-refractivity contribution in [1.29, 1.82) is 0 Å². The van der Waals surface area contributed by atoms with Crippen LogP contribution in [0.1, 0.15) is 45.1 Å². The van der Waals surface area contributed by atoms with Crippen molar-refractivity contribution in [3.63, 3.8) is 0 Å². The SMILES string of the molecule is CCCCC(CC)COCc1ccc(N)cc1Cl. The molecular formula is C15H24ClNO. The number of ether oxygens (including phenoxy) is 1. The fourth-order valence-corrected chi connectivity index (χ4v) is 2.16. The van der Waals surface area contributed by atoms with E-state index < -0.39 is 0 Å². The summed E-state index contributed by atoms with van der Waals surface area (Å²) in [6.07, 6.45) is 4.96. The van der Waals surface area contributed by atoms with Crippen LogP contribution >= 0.6 is 11.6 Å². The number of nitrogens with two attached hydrogens (primary N) is 1. The van der Waals surface area contributed by atoms with Crippen LogP contribution in [-0.2, 0) is 11.3 Å². The van der Waals surface area contributed by atoms with Gasteiger partial charge in [0, 0.05) is 17.3 Å². The molecule has 1 atom stereocenters. The molecule has 0 aromatic heterocycles. The molecule has 0 aliphatic heterocycles. The minimum Gasteiger partial charge on any atom is -0.399 e. The maximum absolute atomic E-state index is 6.10. The highest BCUT2D eigenvalue weighted by molar-refractivity contribution is 6.31. The Morgan fingerprint density at radius 3 is 2.72 bits per heavy atom. The number of unbranched alkanes of at least 4 members (excludes halogenated alkanes) is 1. The van der Waals surface area contributed by atoms with Crippen LogP contribution in [0.4, 0.5) is 5.69 Å². The van der Waals surface area contributed by atoms with E-state index in [1.807, 2.05) is 12.1 Å². The average molecular weight is 270 g/mol. The summed E-state index contributed by atoms with van der Waals surface area (Å²) in [5, 5.41) is 0.691. The zero-order valence-electron chi connectivity index (χ0n) is 11.4. The standard InChI is InChI=1S/C15H24ClNO/c1-3-5-6-12(4-2)10-18-11-13-7-8-14(17)9-15(13)16/h7-9,12H,3-6,10-11,17H2,1-2H3. The molecule has 2 N–H and O–H groups in total. The Bertz CT molecular complexity index is 354. The fourth-order valence-electron chi connectivity index (χ4n) is 1.91. The van der Waals surface area contributed by atoms with Gasteiger partial charge in [-0.15, -0.1) is 0 Å². The van der Waals surface area contributed by atoms with Crippen molar-refractivity contribution in [2.45, 2.75) is 46.1 Å².